The second-order valence-corrected chi connectivity index (χ2v) is 3.72. The molecule has 6 heteroatoms. The van der Waals surface area contributed by atoms with Gasteiger partial charge in [0.1, 0.15) is 0 Å². The van der Waals surface area contributed by atoms with Gasteiger partial charge in [-0.2, -0.15) is 0 Å². The molecule has 4 nitrogen and oxygen atoms in total. The van der Waals surface area contributed by atoms with Gasteiger partial charge in [0.15, 0.2) is 10.8 Å². The molecular formula is C9H4Cl2N4. The van der Waals surface area contributed by atoms with E-state index in [0.717, 1.165) is 11.0 Å². The first-order valence-corrected chi connectivity index (χ1v) is 4.98. The van der Waals surface area contributed by atoms with Gasteiger partial charge >= 0.3 is 0 Å². The molecule has 0 fully saturated rings. The maximum atomic E-state index is 5.96. The number of halogens is 2. The normalized spacial score (nSPS) is 11.3. The molecule has 0 spiro atoms. The Labute approximate surface area is 94.5 Å². The third-order valence-corrected chi connectivity index (χ3v) is 2.65. The molecule has 0 bridgehead atoms. The molecule has 0 atom stereocenters. The SMILES string of the molecule is Clc1nc2ccccc2n2c(Cl)nnc12. The summed E-state index contributed by atoms with van der Waals surface area (Å²) in [4.78, 5) is 4.20. The van der Waals surface area contributed by atoms with Gasteiger partial charge in [-0.1, -0.05) is 23.7 Å². The monoisotopic (exact) mass is 238 g/mol. The van der Waals surface area contributed by atoms with Crippen molar-refractivity contribution in [1.29, 1.82) is 0 Å². The average Bonchev–Trinajstić information content (AvgIpc) is 2.62. The fourth-order valence-corrected chi connectivity index (χ4v) is 1.94. The molecule has 2 aromatic heterocycles. The molecule has 74 valence electrons. The summed E-state index contributed by atoms with van der Waals surface area (Å²) in [5.74, 6) is 0. The van der Waals surface area contributed by atoms with E-state index in [1.54, 1.807) is 4.40 Å². The minimum Gasteiger partial charge on any atom is -0.261 e. The number of rotatable bonds is 0. The number of hydrogen-bond donors (Lipinski definition) is 0. The Hall–Kier alpha value is -1.39. The van der Waals surface area contributed by atoms with Crippen LogP contribution in [0.5, 0.6) is 0 Å². The smallest absolute Gasteiger partial charge is 0.230 e. The molecule has 0 radical (unpaired) electrons. The fourth-order valence-electron chi connectivity index (χ4n) is 1.52. The van der Waals surface area contributed by atoms with Crippen molar-refractivity contribution in [3.8, 4) is 0 Å². The Balaban J connectivity index is 2.67. The van der Waals surface area contributed by atoms with E-state index in [0.29, 0.717) is 10.8 Å². The number of fused-ring (bicyclic) bond motifs is 3. The summed E-state index contributed by atoms with van der Waals surface area (Å²) in [5.41, 5.74) is 2.07. The second kappa shape index (κ2) is 3.05. The summed E-state index contributed by atoms with van der Waals surface area (Å²) in [6.07, 6.45) is 0. The molecule has 0 amide bonds. The number of nitrogens with zero attached hydrogens (tertiary/aromatic N) is 4. The van der Waals surface area contributed by atoms with Gasteiger partial charge in [-0.15, -0.1) is 10.2 Å². The van der Waals surface area contributed by atoms with Crippen LogP contribution in [0.15, 0.2) is 24.3 Å². The largest absolute Gasteiger partial charge is 0.261 e. The first-order chi connectivity index (χ1) is 7.27. The van der Waals surface area contributed by atoms with Gasteiger partial charge in [-0.3, -0.25) is 4.40 Å². The van der Waals surface area contributed by atoms with Gasteiger partial charge < -0.3 is 0 Å². The van der Waals surface area contributed by atoms with Crippen LogP contribution in [0, 0.1) is 0 Å². The standard InChI is InChI=1S/C9H4Cl2N4/c10-7-8-13-14-9(11)15(8)6-4-2-1-3-5(6)12-7/h1-4H. The summed E-state index contributed by atoms with van der Waals surface area (Å²) in [6, 6.07) is 7.53. The Morgan fingerprint density at radius 1 is 1.07 bits per heavy atom. The highest BCUT2D eigenvalue weighted by Crippen LogP contribution is 2.22. The van der Waals surface area contributed by atoms with Crippen molar-refractivity contribution in [1.82, 2.24) is 19.6 Å². The van der Waals surface area contributed by atoms with Gasteiger partial charge in [0, 0.05) is 0 Å². The van der Waals surface area contributed by atoms with Crippen LogP contribution in [-0.4, -0.2) is 19.6 Å². The van der Waals surface area contributed by atoms with Crippen LogP contribution in [0.1, 0.15) is 0 Å². The van der Waals surface area contributed by atoms with Crippen molar-refractivity contribution in [3.05, 3.63) is 34.7 Å². The van der Waals surface area contributed by atoms with E-state index in [2.05, 4.69) is 15.2 Å². The third kappa shape index (κ3) is 1.19. The van der Waals surface area contributed by atoms with Gasteiger partial charge in [-0.05, 0) is 23.7 Å². The van der Waals surface area contributed by atoms with E-state index < -0.39 is 0 Å². The first kappa shape index (κ1) is 8.88. The van der Waals surface area contributed by atoms with E-state index >= 15 is 0 Å². The van der Waals surface area contributed by atoms with E-state index in [1.807, 2.05) is 24.3 Å². The highest BCUT2D eigenvalue weighted by Gasteiger charge is 2.11. The van der Waals surface area contributed by atoms with Crippen LogP contribution >= 0.6 is 23.2 Å². The lowest BCUT2D eigenvalue weighted by Crippen LogP contribution is -1.92. The van der Waals surface area contributed by atoms with Gasteiger partial charge in [-0.25, -0.2) is 4.98 Å². The zero-order valence-corrected chi connectivity index (χ0v) is 8.87. The minimum absolute atomic E-state index is 0.283. The maximum absolute atomic E-state index is 5.96. The molecular weight excluding hydrogens is 235 g/mol. The highest BCUT2D eigenvalue weighted by atomic mass is 35.5. The lowest BCUT2D eigenvalue weighted by atomic mass is 10.3. The van der Waals surface area contributed by atoms with Crippen molar-refractivity contribution in [2.45, 2.75) is 0 Å². The second-order valence-electron chi connectivity index (χ2n) is 3.02. The summed E-state index contributed by atoms with van der Waals surface area (Å²) < 4.78 is 1.67. The Morgan fingerprint density at radius 3 is 2.73 bits per heavy atom. The Morgan fingerprint density at radius 2 is 1.87 bits per heavy atom. The molecule has 2 heterocycles. The van der Waals surface area contributed by atoms with Crippen molar-refractivity contribution < 1.29 is 0 Å². The molecule has 0 N–H and O–H groups in total. The van der Waals surface area contributed by atoms with Crippen molar-refractivity contribution in [3.63, 3.8) is 0 Å². The molecule has 0 unspecified atom stereocenters. The maximum Gasteiger partial charge on any atom is 0.230 e. The van der Waals surface area contributed by atoms with Gasteiger partial charge in [0.2, 0.25) is 5.28 Å². The van der Waals surface area contributed by atoms with E-state index in [-0.39, 0.29) is 5.28 Å². The third-order valence-electron chi connectivity index (χ3n) is 2.15. The quantitative estimate of drug-likeness (QED) is 0.605. The molecule has 0 aliphatic rings. The Bertz CT molecular complexity index is 662. The number of benzene rings is 1. The van der Waals surface area contributed by atoms with E-state index in [9.17, 15) is 0 Å². The molecule has 0 saturated heterocycles. The zero-order valence-electron chi connectivity index (χ0n) is 7.35. The van der Waals surface area contributed by atoms with E-state index in [4.69, 9.17) is 23.2 Å². The molecule has 0 aliphatic carbocycles. The van der Waals surface area contributed by atoms with Crippen LogP contribution < -0.4 is 0 Å². The predicted molar refractivity (Wildman–Crippen MR) is 58.3 cm³/mol. The summed E-state index contributed by atoms with van der Waals surface area (Å²) in [7, 11) is 0. The van der Waals surface area contributed by atoms with Crippen molar-refractivity contribution >= 4 is 39.9 Å². The number of aromatic nitrogens is 4. The van der Waals surface area contributed by atoms with Gasteiger partial charge in [0.25, 0.3) is 0 Å². The average molecular weight is 239 g/mol. The van der Waals surface area contributed by atoms with Crippen LogP contribution in [0.2, 0.25) is 10.4 Å². The summed E-state index contributed by atoms with van der Waals surface area (Å²) in [6.45, 7) is 0. The van der Waals surface area contributed by atoms with E-state index in [1.165, 1.54) is 0 Å². The molecule has 15 heavy (non-hydrogen) atoms. The first-order valence-electron chi connectivity index (χ1n) is 4.22. The highest BCUT2D eigenvalue weighted by molar-refractivity contribution is 6.33. The van der Waals surface area contributed by atoms with Crippen LogP contribution in [0.3, 0.4) is 0 Å². The van der Waals surface area contributed by atoms with Gasteiger partial charge in [0.05, 0.1) is 11.0 Å². The van der Waals surface area contributed by atoms with Crippen molar-refractivity contribution in [2.75, 3.05) is 0 Å². The lowest BCUT2D eigenvalue weighted by Gasteiger charge is -2.01. The molecule has 3 aromatic rings. The molecule has 0 saturated carbocycles. The van der Waals surface area contributed by atoms with Crippen LogP contribution in [0.4, 0.5) is 0 Å². The lowest BCUT2D eigenvalue weighted by molar-refractivity contribution is 1.11. The van der Waals surface area contributed by atoms with Crippen LogP contribution in [0.25, 0.3) is 16.7 Å². The summed E-state index contributed by atoms with van der Waals surface area (Å²) in [5, 5.41) is 8.20. The zero-order chi connectivity index (χ0) is 10.4. The minimum atomic E-state index is 0.283. The molecule has 1 aromatic carbocycles. The topological polar surface area (TPSA) is 43.1 Å². The molecule has 0 aliphatic heterocycles. The van der Waals surface area contributed by atoms with Crippen molar-refractivity contribution in [2.24, 2.45) is 0 Å². The fraction of sp³-hybridized carbons (Fsp3) is 0. The van der Waals surface area contributed by atoms with Crippen LogP contribution in [-0.2, 0) is 0 Å². The summed E-state index contributed by atoms with van der Waals surface area (Å²) >= 11 is 11.9. The predicted octanol–water partition coefficient (Wildman–Crippen LogP) is 2.58. The Kier molecular flexibility index (Phi) is 1.81. The molecule has 3 rings (SSSR count). The number of para-hydroxylation sites is 2. The number of hydrogen-bond acceptors (Lipinski definition) is 3.